The Morgan fingerprint density at radius 2 is 2.17 bits per heavy atom. The number of hydrogen-bond acceptors (Lipinski definition) is 3. The van der Waals surface area contributed by atoms with E-state index >= 15 is 0 Å². The number of guanidine groups is 1. The van der Waals surface area contributed by atoms with Crippen LogP contribution in [0.3, 0.4) is 0 Å². The van der Waals surface area contributed by atoms with Gasteiger partial charge in [-0.15, -0.1) is 0 Å². The molecule has 24 heavy (non-hydrogen) atoms. The average Bonchev–Trinajstić information content (AvgIpc) is 2.59. The summed E-state index contributed by atoms with van der Waals surface area (Å²) in [6, 6.07) is 7.05. The van der Waals surface area contributed by atoms with E-state index in [-0.39, 0.29) is 17.3 Å². The molecule has 6 heteroatoms. The minimum Gasteiger partial charge on any atom is -0.383 e. The summed E-state index contributed by atoms with van der Waals surface area (Å²) in [5.41, 5.74) is 0.862. The molecule has 2 N–H and O–H groups in total. The molecule has 1 heterocycles. The molecule has 0 aromatic heterocycles. The minimum atomic E-state index is -0.199. The number of ether oxygens (including phenoxy) is 2. The van der Waals surface area contributed by atoms with Gasteiger partial charge in [0, 0.05) is 45.4 Å². The van der Waals surface area contributed by atoms with Gasteiger partial charge >= 0.3 is 0 Å². The Hall–Kier alpha value is -1.66. The summed E-state index contributed by atoms with van der Waals surface area (Å²) in [5.74, 6) is 0.524. The van der Waals surface area contributed by atoms with Crippen LogP contribution in [-0.4, -0.2) is 52.5 Å². The van der Waals surface area contributed by atoms with E-state index in [1.807, 2.05) is 13.0 Å². The third kappa shape index (κ3) is 4.92. The monoisotopic (exact) mass is 337 g/mol. The summed E-state index contributed by atoms with van der Waals surface area (Å²) in [5, 5.41) is 6.69. The molecule has 5 nitrogen and oxygen atoms in total. The van der Waals surface area contributed by atoms with Crippen molar-refractivity contribution in [3.63, 3.8) is 0 Å². The number of hydrogen-bond donors (Lipinski definition) is 2. The Bertz CT molecular complexity index is 545. The SMILES string of the molecule is CN=C(NCC1(c2cccc(F)c2)CCOCC1)NC(C)COC. The number of aliphatic imine (C=N–C) groups is 1. The molecular formula is C18H28FN3O2. The summed E-state index contributed by atoms with van der Waals surface area (Å²) in [4.78, 5) is 4.27. The number of benzene rings is 1. The van der Waals surface area contributed by atoms with Crippen LogP contribution in [0.1, 0.15) is 25.3 Å². The fourth-order valence-corrected chi connectivity index (χ4v) is 3.12. The van der Waals surface area contributed by atoms with E-state index in [9.17, 15) is 4.39 Å². The Labute approximate surface area is 143 Å². The maximum atomic E-state index is 13.7. The first kappa shape index (κ1) is 18.7. The van der Waals surface area contributed by atoms with E-state index in [0.29, 0.717) is 26.4 Å². The van der Waals surface area contributed by atoms with Crippen molar-refractivity contribution >= 4 is 5.96 Å². The molecular weight excluding hydrogens is 309 g/mol. The van der Waals surface area contributed by atoms with Crippen LogP contribution in [0.4, 0.5) is 4.39 Å². The number of nitrogens with zero attached hydrogens (tertiary/aromatic N) is 1. The molecule has 0 bridgehead atoms. The molecule has 0 spiro atoms. The summed E-state index contributed by atoms with van der Waals surface area (Å²) in [7, 11) is 3.42. The van der Waals surface area contributed by atoms with Gasteiger partial charge < -0.3 is 20.1 Å². The fraction of sp³-hybridized carbons (Fsp3) is 0.611. The van der Waals surface area contributed by atoms with Crippen molar-refractivity contribution in [2.24, 2.45) is 4.99 Å². The molecule has 1 atom stereocenters. The molecule has 1 aliphatic rings. The first-order chi connectivity index (χ1) is 11.6. The highest BCUT2D eigenvalue weighted by Gasteiger charge is 2.35. The predicted molar refractivity (Wildman–Crippen MR) is 94.0 cm³/mol. The molecule has 0 aliphatic carbocycles. The normalized spacial score (nSPS) is 18.9. The Balaban J connectivity index is 2.09. The van der Waals surface area contributed by atoms with Crippen molar-refractivity contribution in [1.82, 2.24) is 10.6 Å². The number of methoxy groups -OCH3 is 1. The maximum absolute atomic E-state index is 13.7. The lowest BCUT2D eigenvalue weighted by Crippen LogP contribution is -2.50. The standard InChI is InChI=1S/C18H28FN3O2/c1-14(12-23-3)22-17(20-2)21-13-18(7-9-24-10-8-18)15-5-4-6-16(19)11-15/h4-6,11,14H,7-10,12-13H2,1-3H3,(H2,20,21,22). The van der Waals surface area contributed by atoms with Crippen LogP contribution in [0.2, 0.25) is 0 Å². The zero-order chi connectivity index (χ0) is 17.4. The third-order valence-corrected chi connectivity index (χ3v) is 4.50. The third-order valence-electron chi connectivity index (χ3n) is 4.50. The Kier molecular flexibility index (Phi) is 6.99. The van der Waals surface area contributed by atoms with Gasteiger partial charge in [0.25, 0.3) is 0 Å². The molecule has 1 fully saturated rings. The van der Waals surface area contributed by atoms with E-state index in [1.165, 1.54) is 6.07 Å². The fourth-order valence-electron chi connectivity index (χ4n) is 3.12. The lowest BCUT2D eigenvalue weighted by atomic mass is 9.74. The van der Waals surface area contributed by atoms with Crippen molar-refractivity contribution in [2.75, 3.05) is 40.5 Å². The Morgan fingerprint density at radius 1 is 1.42 bits per heavy atom. The minimum absolute atomic E-state index is 0.150. The van der Waals surface area contributed by atoms with Gasteiger partial charge in [0.1, 0.15) is 5.82 Å². The van der Waals surface area contributed by atoms with Crippen molar-refractivity contribution in [3.05, 3.63) is 35.6 Å². The van der Waals surface area contributed by atoms with E-state index < -0.39 is 0 Å². The molecule has 1 saturated heterocycles. The predicted octanol–water partition coefficient (Wildman–Crippen LogP) is 2.07. The number of nitrogens with one attached hydrogen (secondary N) is 2. The van der Waals surface area contributed by atoms with Crippen LogP contribution in [0.25, 0.3) is 0 Å². The van der Waals surface area contributed by atoms with Crippen LogP contribution in [0, 0.1) is 5.82 Å². The molecule has 1 aromatic rings. The lowest BCUT2D eigenvalue weighted by Gasteiger charge is -2.38. The van der Waals surface area contributed by atoms with Gasteiger partial charge in [-0.05, 0) is 37.5 Å². The van der Waals surface area contributed by atoms with E-state index in [1.54, 1.807) is 26.3 Å². The molecule has 1 aliphatic heterocycles. The zero-order valence-corrected chi connectivity index (χ0v) is 14.8. The van der Waals surface area contributed by atoms with Crippen LogP contribution in [-0.2, 0) is 14.9 Å². The van der Waals surface area contributed by atoms with Crippen molar-refractivity contribution < 1.29 is 13.9 Å². The van der Waals surface area contributed by atoms with E-state index in [0.717, 1.165) is 24.4 Å². The van der Waals surface area contributed by atoms with Crippen LogP contribution in [0.5, 0.6) is 0 Å². The molecule has 1 unspecified atom stereocenters. The molecule has 0 saturated carbocycles. The highest BCUT2D eigenvalue weighted by atomic mass is 19.1. The maximum Gasteiger partial charge on any atom is 0.191 e. The lowest BCUT2D eigenvalue weighted by molar-refractivity contribution is 0.0512. The van der Waals surface area contributed by atoms with Gasteiger partial charge in [-0.25, -0.2) is 4.39 Å². The van der Waals surface area contributed by atoms with Crippen LogP contribution < -0.4 is 10.6 Å². The molecule has 2 rings (SSSR count). The average molecular weight is 337 g/mol. The largest absolute Gasteiger partial charge is 0.383 e. The molecule has 1 aromatic carbocycles. The van der Waals surface area contributed by atoms with Gasteiger partial charge in [0.15, 0.2) is 5.96 Å². The molecule has 0 amide bonds. The second-order valence-electron chi connectivity index (χ2n) is 6.33. The van der Waals surface area contributed by atoms with E-state index in [4.69, 9.17) is 9.47 Å². The highest BCUT2D eigenvalue weighted by Crippen LogP contribution is 2.34. The van der Waals surface area contributed by atoms with Gasteiger partial charge in [-0.2, -0.15) is 0 Å². The highest BCUT2D eigenvalue weighted by molar-refractivity contribution is 5.80. The Morgan fingerprint density at radius 3 is 2.79 bits per heavy atom. The number of halogens is 1. The zero-order valence-electron chi connectivity index (χ0n) is 14.8. The van der Waals surface area contributed by atoms with Gasteiger partial charge in [0.05, 0.1) is 6.61 Å². The topological polar surface area (TPSA) is 54.9 Å². The summed E-state index contributed by atoms with van der Waals surface area (Å²) < 4.78 is 24.4. The van der Waals surface area contributed by atoms with Gasteiger partial charge in [0.2, 0.25) is 0 Å². The smallest absolute Gasteiger partial charge is 0.191 e. The quantitative estimate of drug-likeness (QED) is 0.616. The summed E-state index contributed by atoms with van der Waals surface area (Å²) >= 11 is 0. The van der Waals surface area contributed by atoms with E-state index in [2.05, 4.69) is 15.6 Å². The van der Waals surface area contributed by atoms with Crippen molar-refractivity contribution in [1.29, 1.82) is 0 Å². The second-order valence-corrected chi connectivity index (χ2v) is 6.33. The van der Waals surface area contributed by atoms with Gasteiger partial charge in [-0.1, -0.05) is 12.1 Å². The van der Waals surface area contributed by atoms with Crippen molar-refractivity contribution in [2.45, 2.75) is 31.2 Å². The molecule has 0 radical (unpaired) electrons. The molecule has 134 valence electrons. The number of rotatable bonds is 6. The van der Waals surface area contributed by atoms with Crippen LogP contribution in [0.15, 0.2) is 29.3 Å². The summed E-state index contributed by atoms with van der Waals surface area (Å²) in [6.45, 7) is 4.69. The van der Waals surface area contributed by atoms with Crippen LogP contribution >= 0.6 is 0 Å². The van der Waals surface area contributed by atoms with Gasteiger partial charge in [-0.3, -0.25) is 4.99 Å². The second kappa shape index (κ2) is 8.99. The summed E-state index contributed by atoms with van der Waals surface area (Å²) in [6.07, 6.45) is 1.71. The first-order valence-electron chi connectivity index (χ1n) is 8.39. The first-order valence-corrected chi connectivity index (χ1v) is 8.39. The van der Waals surface area contributed by atoms with Crippen molar-refractivity contribution in [3.8, 4) is 0 Å².